The van der Waals surface area contributed by atoms with Crippen LogP contribution in [0, 0.1) is 0 Å². The molecule has 1 aliphatic carbocycles. The third-order valence-electron chi connectivity index (χ3n) is 10.1. The van der Waals surface area contributed by atoms with Crippen LogP contribution in [0.4, 0.5) is 0 Å². The first-order chi connectivity index (χ1) is 30.5. The van der Waals surface area contributed by atoms with Crippen LogP contribution in [0.5, 0.6) is 0 Å². The van der Waals surface area contributed by atoms with Gasteiger partial charge in [0, 0.05) is 12.8 Å². The fourth-order valence-corrected chi connectivity index (χ4v) is 8.04. The number of allylic oxidation sites excluding steroid dienone is 8. The molecular formula is C45H78O17P2. The lowest BCUT2D eigenvalue weighted by atomic mass is 9.85. The van der Waals surface area contributed by atoms with Gasteiger partial charge in [-0.1, -0.05) is 126 Å². The molecule has 0 aliphatic heterocycles. The Morgan fingerprint density at radius 2 is 1.11 bits per heavy atom. The van der Waals surface area contributed by atoms with Crippen LogP contribution in [0.1, 0.15) is 149 Å². The van der Waals surface area contributed by atoms with Gasteiger partial charge in [-0.05, 0) is 70.6 Å². The molecule has 0 aromatic heterocycles. The van der Waals surface area contributed by atoms with Crippen LogP contribution in [0.2, 0.25) is 0 Å². The van der Waals surface area contributed by atoms with Crippen molar-refractivity contribution in [3.63, 3.8) is 0 Å². The summed E-state index contributed by atoms with van der Waals surface area (Å²) in [5.41, 5.74) is 0. The monoisotopic (exact) mass is 952 g/mol. The summed E-state index contributed by atoms with van der Waals surface area (Å²) in [4.78, 5) is 54.2. The Labute approximate surface area is 380 Å². The summed E-state index contributed by atoms with van der Waals surface area (Å²) in [6.45, 7) is 2.91. The zero-order chi connectivity index (χ0) is 47.6. The van der Waals surface area contributed by atoms with Crippen molar-refractivity contribution < 1.29 is 82.0 Å². The van der Waals surface area contributed by atoms with Gasteiger partial charge in [0.25, 0.3) is 0 Å². The molecule has 0 aromatic carbocycles. The van der Waals surface area contributed by atoms with Crippen molar-refractivity contribution in [2.75, 3.05) is 13.2 Å². The number of aliphatic hydroxyl groups excluding tert-OH is 5. The van der Waals surface area contributed by atoms with Crippen LogP contribution in [0.25, 0.3) is 0 Å². The van der Waals surface area contributed by atoms with Crippen molar-refractivity contribution >= 4 is 27.6 Å². The molecule has 8 N–H and O–H groups in total. The van der Waals surface area contributed by atoms with Gasteiger partial charge < -0.3 is 49.7 Å². The highest BCUT2D eigenvalue weighted by Gasteiger charge is 2.54. The van der Waals surface area contributed by atoms with E-state index in [4.69, 9.17) is 28.3 Å². The van der Waals surface area contributed by atoms with E-state index in [9.17, 15) is 49.1 Å². The van der Waals surface area contributed by atoms with E-state index in [1.165, 1.54) is 44.9 Å². The zero-order valence-electron chi connectivity index (χ0n) is 37.8. The van der Waals surface area contributed by atoms with E-state index in [0.29, 0.717) is 25.7 Å². The highest BCUT2D eigenvalue weighted by atomic mass is 31.2. The van der Waals surface area contributed by atoms with E-state index in [-0.39, 0.29) is 12.8 Å². The fraction of sp³-hybridized carbons (Fsp3) is 0.733. The zero-order valence-corrected chi connectivity index (χ0v) is 39.6. The third-order valence-corrected chi connectivity index (χ3v) is 11.6. The molecule has 0 saturated heterocycles. The Morgan fingerprint density at radius 3 is 1.77 bits per heavy atom. The van der Waals surface area contributed by atoms with Crippen LogP contribution in [-0.4, -0.2) is 114 Å². The first kappa shape index (κ1) is 59.7. The summed E-state index contributed by atoms with van der Waals surface area (Å²) in [5.74, 6) is -1.35. The number of hydrogen-bond acceptors (Lipinski definition) is 14. The van der Waals surface area contributed by atoms with Crippen LogP contribution >= 0.6 is 15.6 Å². The molecule has 0 amide bonds. The van der Waals surface area contributed by atoms with Gasteiger partial charge in [0.1, 0.15) is 43.2 Å². The van der Waals surface area contributed by atoms with Gasteiger partial charge in [0.2, 0.25) is 0 Å². The van der Waals surface area contributed by atoms with E-state index in [1.54, 1.807) is 18.2 Å². The predicted octanol–water partition coefficient (Wildman–Crippen LogP) is 7.25. The summed E-state index contributed by atoms with van der Waals surface area (Å²) < 4.78 is 49.2. The Bertz CT molecular complexity index is 1490. The van der Waals surface area contributed by atoms with Crippen LogP contribution < -0.4 is 0 Å². The largest absolute Gasteiger partial charge is 0.472 e. The van der Waals surface area contributed by atoms with Gasteiger partial charge in [0.05, 0.1) is 12.7 Å². The molecular weight excluding hydrogens is 874 g/mol. The molecule has 0 spiro atoms. The van der Waals surface area contributed by atoms with E-state index >= 15 is 0 Å². The average molecular weight is 953 g/mol. The molecule has 370 valence electrons. The molecule has 0 aromatic rings. The average Bonchev–Trinajstić information content (AvgIpc) is 3.24. The number of unbranched alkanes of at least 4 members (excludes halogenated alkanes) is 13. The van der Waals surface area contributed by atoms with Gasteiger partial charge in [-0.25, -0.2) is 9.13 Å². The number of carbonyl (C=O) groups is 2. The topological polar surface area (TPSA) is 276 Å². The molecule has 1 fully saturated rings. The Balaban J connectivity index is 2.69. The van der Waals surface area contributed by atoms with E-state index in [1.807, 2.05) is 18.2 Å². The fourth-order valence-electron chi connectivity index (χ4n) is 6.50. The molecule has 0 bridgehead atoms. The minimum Gasteiger partial charge on any atom is -0.462 e. The molecule has 64 heavy (non-hydrogen) atoms. The summed E-state index contributed by atoms with van der Waals surface area (Å²) in [7, 11) is -10.7. The highest BCUT2D eigenvalue weighted by Crippen LogP contribution is 2.49. The number of phosphoric ester groups is 2. The third kappa shape index (κ3) is 30.0. The number of hydrogen-bond donors (Lipinski definition) is 8. The van der Waals surface area contributed by atoms with E-state index < -0.39 is 89.6 Å². The van der Waals surface area contributed by atoms with Crippen molar-refractivity contribution in [1.29, 1.82) is 0 Å². The smallest absolute Gasteiger partial charge is 0.462 e. The molecule has 6 unspecified atom stereocenters. The summed E-state index contributed by atoms with van der Waals surface area (Å²) in [5, 5.41) is 51.3. The molecule has 1 aliphatic rings. The van der Waals surface area contributed by atoms with Gasteiger partial charge in [-0.2, -0.15) is 0 Å². The second-order valence-electron chi connectivity index (χ2n) is 16.0. The molecule has 0 radical (unpaired) electrons. The van der Waals surface area contributed by atoms with Gasteiger partial charge >= 0.3 is 27.6 Å². The number of phosphoric acid groups is 2. The molecule has 9 atom stereocenters. The molecule has 19 heteroatoms. The van der Waals surface area contributed by atoms with Crippen molar-refractivity contribution in [3.05, 3.63) is 60.8 Å². The van der Waals surface area contributed by atoms with Gasteiger partial charge in [-0.15, -0.1) is 0 Å². The van der Waals surface area contributed by atoms with Crippen molar-refractivity contribution in [3.8, 4) is 0 Å². The number of aliphatic hydroxyl groups is 5. The first-order valence-electron chi connectivity index (χ1n) is 22.9. The van der Waals surface area contributed by atoms with E-state index in [2.05, 4.69) is 42.7 Å². The van der Waals surface area contributed by atoms with Crippen LogP contribution in [-0.2, 0) is 41.8 Å². The standard InChI is InChI=1S/C45H78O17P2/c1-3-5-7-9-11-13-14-15-16-18-20-24-29-33-39(48)60-37(35-59-64(56,57)62-45-42(51)40(49)41(50)44(43(45)52)61-63(53,54)55)34-58-38(47)32-28-25-21-23-27-31-36(46)30-26-22-19-17-12-10-8-6-4-2/h12-14,17,21-23,26-27,31,36-37,40-46,49-52H,3-11,15-16,18-20,24-25,28-30,32-35H2,1-2H3,(H,56,57)(H2,53,54,55)/b14-13-,17-12-,23-21+,26-22-,31-27-/t36?,37-,40?,41?,42?,43?,44-,45+/m1/s1. The van der Waals surface area contributed by atoms with Crippen molar-refractivity contribution in [2.24, 2.45) is 0 Å². The lowest BCUT2D eigenvalue weighted by molar-refractivity contribution is -0.216. The summed E-state index contributed by atoms with van der Waals surface area (Å²) >= 11 is 0. The first-order valence-corrected chi connectivity index (χ1v) is 26.0. The molecule has 1 saturated carbocycles. The number of carbonyl (C=O) groups excluding carboxylic acids is 2. The number of esters is 2. The van der Waals surface area contributed by atoms with Gasteiger partial charge in [-0.3, -0.25) is 23.2 Å². The van der Waals surface area contributed by atoms with Crippen LogP contribution in [0.3, 0.4) is 0 Å². The maximum Gasteiger partial charge on any atom is 0.472 e. The number of rotatable bonds is 37. The lowest BCUT2D eigenvalue weighted by Gasteiger charge is -2.43. The van der Waals surface area contributed by atoms with Crippen LogP contribution in [0.15, 0.2) is 60.8 Å². The Hall–Kier alpha value is -2.34. The quantitative estimate of drug-likeness (QED) is 0.0100. The second kappa shape index (κ2) is 35.8. The summed E-state index contributed by atoms with van der Waals surface area (Å²) in [6.07, 6.45) is 22.1. The lowest BCUT2D eigenvalue weighted by Crippen LogP contribution is -2.64. The van der Waals surface area contributed by atoms with E-state index in [0.717, 1.165) is 51.4 Å². The molecule has 0 heterocycles. The van der Waals surface area contributed by atoms with Crippen molar-refractivity contribution in [2.45, 2.75) is 198 Å². The SMILES string of the molecule is CCCCC/C=C\C/C=C\CC(O)/C=C\C=C\CCCC(=O)OC[C@H](COP(=O)(O)O[C@H]1C(O)C(O)C(O)[C@@H](OP(=O)(O)O)C1O)OC(=O)CCCCCCC/C=C\CCCCCC. The van der Waals surface area contributed by atoms with Crippen molar-refractivity contribution in [1.82, 2.24) is 0 Å². The highest BCUT2D eigenvalue weighted by molar-refractivity contribution is 7.47. The minimum atomic E-state index is -5.38. The normalized spacial score (nSPS) is 22.8. The summed E-state index contributed by atoms with van der Waals surface area (Å²) in [6, 6.07) is 0. The maximum absolute atomic E-state index is 13.0. The Kier molecular flexibility index (Phi) is 33.4. The predicted molar refractivity (Wildman–Crippen MR) is 242 cm³/mol. The number of ether oxygens (including phenoxy) is 2. The maximum atomic E-state index is 13.0. The van der Waals surface area contributed by atoms with Gasteiger partial charge in [0.15, 0.2) is 6.10 Å². The Morgan fingerprint density at radius 1 is 0.578 bits per heavy atom. The minimum absolute atomic E-state index is 0.00237. The second-order valence-corrected chi connectivity index (χ2v) is 18.6. The molecule has 1 rings (SSSR count). The molecule has 17 nitrogen and oxygen atoms in total.